The summed E-state index contributed by atoms with van der Waals surface area (Å²) in [7, 11) is -2.86. The number of ether oxygens (including phenoxy) is 2. The molecule has 0 saturated carbocycles. The van der Waals surface area contributed by atoms with Gasteiger partial charge in [-0.25, -0.2) is 17.6 Å². The predicted octanol–water partition coefficient (Wildman–Crippen LogP) is 1.13. The molecule has 2 N–H and O–H groups in total. The topological polar surface area (TPSA) is 98.9 Å². The van der Waals surface area contributed by atoms with Crippen LogP contribution in [0.1, 0.15) is 29.6 Å². The summed E-state index contributed by atoms with van der Waals surface area (Å²) in [4.78, 5) is 11.4. The maximum atomic E-state index is 13.6. The third-order valence-corrected chi connectivity index (χ3v) is 6.01. The Hall–Kier alpha value is -1.55. The third-order valence-electron chi connectivity index (χ3n) is 4.07. The molecule has 0 radical (unpaired) electrons. The van der Waals surface area contributed by atoms with Crippen LogP contribution in [0.4, 0.5) is 4.39 Å². The van der Waals surface area contributed by atoms with Crippen LogP contribution in [0.5, 0.6) is 0 Å². The molecule has 1 saturated heterocycles. The van der Waals surface area contributed by atoms with Crippen molar-refractivity contribution in [1.29, 1.82) is 0 Å². The molecule has 1 aliphatic rings. The van der Waals surface area contributed by atoms with Gasteiger partial charge in [-0.15, -0.1) is 0 Å². The number of nitrogens with zero attached hydrogens (tertiary/aromatic N) is 1. The first-order valence-corrected chi connectivity index (χ1v) is 9.54. The number of carbonyl (C=O) groups excluding carboxylic acids is 1. The highest BCUT2D eigenvalue weighted by Crippen LogP contribution is 2.26. The molecule has 1 aliphatic heterocycles. The van der Waals surface area contributed by atoms with Crippen molar-refractivity contribution in [3.05, 3.63) is 29.6 Å². The molecule has 0 atom stereocenters. The molecule has 0 bridgehead atoms. The molecule has 25 heavy (non-hydrogen) atoms. The standard InChI is InChI=1S/C16H23FN2O5S/c1-23-16(20)14-4-3-12(17)11-15(14)25(21,22)19-8-5-13(6-9-19)24-10-2-7-18/h3-4,11,13H,2,5-10,18H2,1H3. The zero-order valence-corrected chi connectivity index (χ0v) is 14.9. The fraction of sp³-hybridized carbons (Fsp3) is 0.562. The quantitative estimate of drug-likeness (QED) is 0.567. The van der Waals surface area contributed by atoms with Gasteiger partial charge in [0, 0.05) is 19.7 Å². The summed E-state index contributed by atoms with van der Waals surface area (Å²) in [5.74, 6) is -1.55. The van der Waals surface area contributed by atoms with Gasteiger partial charge in [0.05, 0.1) is 23.7 Å². The van der Waals surface area contributed by atoms with Crippen molar-refractivity contribution in [2.24, 2.45) is 5.73 Å². The molecule has 140 valence electrons. The van der Waals surface area contributed by atoms with Crippen molar-refractivity contribution in [3.8, 4) is 0 Å². The van der Waals surface area contributed by atoms with Crippen LogP contribution in [0, 0.1) is 5.82 Å². The normalized spacial score (nSPS) is 16.8. The van der Waals surface area contributed by atoms with E-state index in [1.54, 1.807) is 0 Å². The van der Waals surface area contributed by atoms with Gasteiger partial charge in [0.1, 0.15) is 5.82 Å². The van der Waals surface area contributed by atoms with Crippen molar-refractivity contribution in [1.82, 2.24) is 4.31 Å². The maximum Gasteiger partial charge on any atom is 0.339 e. The fourth-order valence-electron chi connectivity index (χ4n) is 2.70. The smallest absolute Gasteiger partial charge is 0.339 e. The van der Waals surface area contributed by atoms with E-state index in [4.69, 9.17) is 10.5 Å². The van der Waals surface area contributed by atoms with Gasteiger partial charge in [-0.05, 0) is 44.0 Å². The monoisotopic (exact) mass is 374 g/mol. The Morgan fingerprint density at radius 3 is 2.64 bits per heavy atom. The van der Waals surface area contributed by atoms with Gasteiger partial charge in [0.25, 0.3) is 0 Å². The minimum absolute atomic E-state index is 0.0226. The van der Waals surface area contributed by atoms with Gasteiger partial charge < -0.3 is 15.2 Å². The van der Waals surface area contributed by atoms with E-state index in [2.05, 4.69) is 4.74 Å². The van der Waals surface area contributed by atoms with Crippen LogP contribution in [-0.4, -0.2) is 58.1 Å². The SMILES string of the molecule is COC(=O)c1ccc(F)cc1S(=O)(=O)N1CCC(OCCCN)CC1. The lowest BCUT2D eigenvalue weighted by Gasteiger charge is -2.31. The molecule has 0 unspecified atom stereocenters. The number of sulfonamides is 1. The molecule has 2 rings (SSSR count). The molecule has 1 heterocycles. The average molecular weight is 374 g/mol. The van der Waals surface area contributed by atoms with E-state index in [-0.39, 0.29) is 29.7 Å². The second-order valence-electron chi connectivity index (χ2n) is 5.75. The predicted molar refractivity (Wildman–Crippen MR) is 89.1 cm³/mol. The third kappa shape index (κ3) is 4.75. The van der Waals surface area contributed by atoms with Crippen LogP contribution in [0.15, 0.2) is 23.1 Å². The highest BCUT2D eigenvalue weighted by molar-refractivity contribution is 7.89. The molecule has 1 fully saturated rings. The van der Waals surface area contributed by atoms with Crippen molar-refractivity contribution >= 4 is 16.0 Å². The number of hydrogen-bond acceptors (Lipinski definition) is 6. The molecule has 0 amide bonds. The van der Waals surface area contributed by atoms with Gasteiger partial charge in [-0.1, -0.05) is 0 Å². The minimum atomic E-state index is -4.00. The van der Waals surface area contributed by atoms with E-state index in [1.807, 2.05) is 0 Å². The lowest BCUT2D eigenvalue weighted by atomic mass is 10.1. The second kappa shape index (κ2) is 8.70. The summed E-state index contributed by atoms with van der Waals surface area (Å²) >= 11 is 0. The van der Waals surface area contributed by atoms with E-state index in [9.17, 15) is 17.6 Å². The minimum Gasteiger partial charge on any atom is -0.465 e. The zero-order chi connectivity index (χ0) is 18.4. The number of esters is 1. The Labute approximate surface area is 146 Å². The number of carbonyl (C=O) groups is 1. The largest absolute Gasteiger partial charge is 0.465 e. The Balaban J connectivity index is 2.15. The number of piperidine rings is 1. The Bertz CT molecular complexity index is 702. The van der Waals surface area contributed by atoms with Gasteiger partial charge >= 0.3 is 5.97 Å². The second-order valence-corrected chi connectivity index (χ2v) is 7.65. The molecule has 9 heteroatoms. The van der Waals surface area contributed by atoms with Crippen LogP contribution < -0.4 is 5.73 Å². The Morgan fingerprint density at radius 2 is 2.04 bits per heavy atom. The lowest BCUT2D eigenvalue weighted by Crippen LogP contribution is -2.41. The van der Waals surface area contributed by atoms with E-state index in [0.29, 0.717) is 26.0 Å². The van der Waals surface area contributed by atoms with E-state index in [0.717, 1.165) is 31.7 Å². The highest BCUT2D eigenvalue weighted by atomic mass is 32.2. The van der Waals surface area contributed by atoms with Crippen molar-refractivity contribution in [3.63, 3.8) is 0 Å². The van der Waals surface area contributed by atoms with Crippen LogP contribution in [0.25, 0.3) is 0 Å². The van der Waals surface area contributed by atoms with E-state index >= 15 is 0 Å². The van der Waals surface area contributed by atoms with Crippen LogP contribution >= 0.6 is 0 Å². The summed E-state index contributed by atoms with van der Waals surface area (Å²) in [5.41, 5.74) is 5.24. The van der Waals surface area contributed by atoms with Crippen LogP contribution in [0.2, 0.25) is 0 Å². The zero-order valence-electron chi connectivity index (χ0n) is 14.1. The number of halogens is 1. The van der Waals surface area contributed by atoms with Crippen LogP contribution in [0.3, 0.4) is 0 Å². The molecule has 0 spiro atoms. The van der Waals surface area contributed by atoms with E-state index in [1.165, 1.54) is 4.31 Å². The van der Waals surface area contributed by atoms with Gasteiger partial charge in [0.2, 0.25) is 10.0 Å². The Morgan fingerprint density at radius 1 is 1.36 bits per heavy atom. The molecular weight excluding hydrogens is 351 g/mol. The number of rotatable bonds is 7. The molecule has 7 nitrogen and oxygen atoms in total. The van der Waals surface area contributed by atoms with Crippen molar-refractivity contribution in [2.45, 2.75) is 30.3 Å². The molecule has 1 aromatic carbocycles. The lowest BCUT2D eigenvalue weighted by molar-refractivity contribution is 0.0208. The number of hydrogen-bond donors (Lipinski definition) is 1. The number of methoxy groups -OCH3 is 1. The van der Waals surface area contributed by atoms with Gasteiger partial charge in [-0.3, -0.25) is 0 Å². The summed E-state index contributed by atoms with van der Waals surface area (Å²) in [6, 6.07) is 3.00. The van der Waals surface area contributed by atoms with Crippen LogP contribution in [-0.2, 0) is 19.5 Å². The molecular formula is C16H23FN2O5S. The van der Waals surface area contributed by atoms with Crippen molar-refractivity contribution in [2.75, 3.05) is 33.4 Å². The maximum absolute atomic E-state index is 13.6. The highest BCUT2D eigenvalue weighted by Gasteiger charge is 2.33. The fourth-order valence-corrected chi connectivity index (χ4v) is 4.36. The molecule has 0 aromatic heterocycles. The molecule has 1 aromatic rings. The summed E-state index contributed by atoms with van der Waals surface area (Å²) in [5, 5.41) is 0. The van der Waals surface area contributed by atoms with E-state index < -0.39 is 21.8 Å². The summed E-state index contributed by atoms with van der Waals surface area (Å²) < 4.78 is 50.8. The molecule has 0 aliphatic carbocycles. The summed E-state index contributed by atoms with van der Waals surface area (Å²) in [6.07, 6.45) is 1.80. The number of nitrogens with two attached hydrogens (primary N) is 1. The number of benzene rings is 1. The summed E-state index contributed by atoms with van der Waals surface area (Å²) in [6.45, 7) is 1.58. The van der Waals surface area contributed by atoms with Gasteiger partial charge in [0.15, 0.2) is 0 Å². The first kappa shape index (κ1) is 19.8. The van der Waals surface area contributed by atoms with Crippen molar-refractivity contribution < 1.29 is 27.1 Å². The van der Waals surface area contributed by atoms with Gasteiger partial charge in [-0.2, -0.15) is 4.31 Å². The first-order chi connectivity index (χ1) is 11.9. The first-order valence-electron chi connectivity index (χ1n) is 8.10. The Kier molecular flexibility index (Phi) is 6.88. The average Bonchev–Trinajstić information content (AvgIpc) is 2.61.